The van der Waals surface area contributed by atoms with E-state index in [0.29, 0.717) is 33.9 Å². The van der Waals surface area contributed by atoms with Crippen molar-refractivity contribution in [3.63, 3.8) is 0 Å². The number of carbonyl (C=O) groups is 1. The molecule has 1 aromatic heterocycles. The number of nitrogens with zero attached hydrogens (tertiary/aromatic N) is 2. The molecule has 1 aliphatic rings. The fourth-order valence-electron chi connectivity index (χ4n) is 4.00. The smallest absolute Gasteiger partial charge is 0.265 e. The third-order valence-electron chi connectivity index (χ3n) is 5.47. The number of para-hydroxylation sites is 1. The summed E-state index contributed by atoms with van der Waals surface area (Å²) < 4.78 is 1.58. The number of rotatable bonds is 3. The van der Waals surface area contributed by atoms with E-state index in [2.05, 4.69) is 5.32 Å². The van der Waals surface area contributed by atoms with E-state index in [4.69, 9.17) is 16.6 Å². The van der Waals surface area contributed by atoms with Gasteiger partial charge in [-0.1, -0.05) is 41.4 Å². The van der Waals surface area contributed by atoms with Gasteiger partial charge in [0.2, 0.25) is 5.91 Å². The summed E-state index contributed by atoms with van der Waals surface area (Å²) in [7, 11) is 0. The van der Waals surface area contributed by atoms with E-state index >= 15 is 0 Å². The van der Waals surface area contributed by atoms with Gasteiger partial charge in [-0.25, -0.2) is 4.98 Å². The summed E-state index contributed by atoms with van der Waals surface area (Å²) in [6, 6.07) is 20.2. The zero-order chi connectivity index (χ0) is 20.8. The second-order valence-electron chi connectivity index (χ2n) is 7.50. The van der Waals surface area contributed by atoms with Crippen LogP contribution in [-0.2, 0) is 11.2 Å². The highest BCUT2D eigenvalue weighted by Crippen LogP contribution is 2.35. The monoisotopic (exact) mass is 415 g/mol. The Morgan fingerprint density at radius 3 is 2.60 bits per heavy atom. The summed E-state index contributed by atoms with van der Waals surface area (Å²) >= 11 is 6.05. The van der Waals surface area contributed by atoms with Crippen molar-refractivity contribution in [1.29, 1.82) is 0 Å². The number of hydrogen-bond acceptors (Lipinski definition) is 3. The molecule has 0 radical (unpaired) electrons. The van der Waals surface area contributed by atoms with Gasteiger partial charge in [0.25, 0.3) is 5.56 Å². The molecule has 5 rings (SSSR count). The molecule has 1 N–H and O–H groups in total. The maximum atomic E-state index is 13.4. The second kappa shape index (κ2) is 7.11. The van der Waals surface area contributed by atoms with Crippen LogP contribution in [0.3, 0.4) is 0 Å². The van der Waals surface area contributed by atoms with Crippen molar-refractivity contribution in [2.24, 2.45) is 0 Å². The molecule has 1 aliphatic heterocycles. The number of aromatic nitrogens is 2. The molecule has 0 spiro atoms. The molecular weight excluding hydrogens is 398 g/mol. The van der Waals surface area contributed by atoms with Gasteiger partial charge in [0.1, 0.15) is 5.82 Å². The van der Waals surface area contributed by atoms with E-state index in [1.54, 1.807) is 34.9 Å². The van der Waals surface area contributed by atoms with Gasteiger partial charge in [-0.3, -0.25) is 14.2 Å². The van der Waals surface area contributed by atoms with Crippen LogP contribution >= 0.6 is 11.6 Å². The molecule has 0 fully saturated rings. The maximum Gasteiger partial charge on any atom is 0.265 e. The fraction of sp³-hybridized carbons (Fsp3) is 0.125. The van der Waals surface area contributed by atoms with Crippen LogP contribution < -0.4 is 10.9 Å². The Kier molecular flexibility index (Phi) is 4.40. The number of anilines is 1. The van der Waals surface area contributed by atoms with Crippen molar-refractivity contribution in [2.45, 2.75) is 19.3 Å². The van der Waals surface area contributed by atoms with Crippen LogP contribution in [0.25, 0.3) is 16.6 Å². The van der Waals surface area contributed by atoms with Crippen molar-refractivity contribution in [1.82, 2.24) is 9.55 Å². The van der Waals surface area contributed by atoms with Gasteiger partial charge in [0.05, 0.1) is 22.5 Å². The Morgan fingerprint density at radius 1 is 1.03 bits per heavy atom. The van der Waals surface area contributed by atoms with E-state index in [1.165, 1.54) is 0 Å². The van der Waals surface area contributed by atoms with Crippen molar-refractivity contribution < 1.29 is 4.79 Å². The lowest BCUT2D eigenvalue weighted by Crippen LogP contribution is -2.26. The number of benzene rings is 3. The lowest BCUT2D eigenvalue weighted by Gasteiger charge is -2.16. The Bertz CT molecular complexity index is 1360. The van der Waals surface area contributed by atoms with Crippen molar-refractivity contribution in [3.8, 4) is 5.69 Å². The average Bonchev–Trinajstić information content (AvgIpc) is 3.04. The fourth-order valence-corrected chi connectivity index (χ4v) is 4.13. The van der Waals surface area contributed by atoms with Crippen molar-refractivity contribution in [3.05, 3.63) is 99.1 Å². The van der Waals surface area contributed by atoms with Gasteiger partial charge in [-0.05, 0) is 55.0 Å². The molecule has 30 heavy (non-hydrogen) atoms. The number of aryl methyl sites for hydroxylation is 1. The molecule has 4 aromatic rings. The zero-order valence-corrected chi connectivity index (χ0v) is 17.0. The van der Waals surface area contributed by atoms with E-state index in [1.807, 2.05) is 43.3 Å². The number of carbonyl (C=O) groups excluding carboxylic acids is 1. The molecule has 0 aliphatic carbocycles. The summed E-state index contributed by atoms with van der Waals surface area (Å²) in [6.45, 7) is 2.00. The molecule has 148 valence electrons. The van der Waals surface area contributed by atoms with Crippen LogP contribution in [0.5, 0.6) is 0 Å². The van der Waals surface area contributed by atoms with Crippen LogP contribution in [0.2, 0.25) is 5.02 Å². The summed E-state index contributed by atoms with van der Waals surface area (Å²) in [4.78, 5) is 30.9. The minimum absolute atomic E-state index is 0.0827. The molecule has 2 heterocycles. The van der Waals surface area contributed by atoms with Crippen LogP contribution in [0.4, 0.5) is 5.69 Å². The van der Waals surface area contributed by atoms with Gasteiger partial charge < -0.3 is 5.32 Å². The molecule has 5 nitrogen and oxygen atoms in total. The molecule has 3 aromatic carbocycles. The summed E-state index contributed by atoms with van der Waals surface area (Å²) in [6.07, 6.45) is 0.311. The standard InChI is InChI=1S/C24H18ClN3O2/c1-14-6-11-21-18(12-14)19(23(29)27-21)13-22-26-20-5-3-2-4-17(20)24(30)28(22)16-9-7-15(25)8-10-16/h2-12,19H,13H2,1H3,(H,27,29)/t19-/m1/s1. The molecule has 1 atom stereocenters. The molecular formula is C24H18ClN3O2. The van der Waals surface area contributed by atoms with E-state index in [-0.39, 0.29) is 11.5 Å². The van der Waals surface area contributed by atoms with Crippen LogP contribution in [0.1, 0.15) is 22.9 Å². The van der Waals surface area contributed by atoms with Crippen LogP contribution in [0, 0.1) is 6.92 Å². The first kappa shape index (κ1) is 18.6. The molecule has 0 unspecified atom stereocenters. The maximum absolute atomic E-state index is 13.4. The first-order chi connectivity index (χ1) is 14.5. The van der Waals surface area contributed by atoms with Crippen LogP contribution in [0.15, 0.2) is 71.5 Å². The van der Waals surface area contributed by atoms with Gasteiger partial charge in [-0.15, -0.1) is 0 Å². The van der Waals surface area contributed by atoms with Gasteiger partial charge in [0, 0.05) is 17.1 Å². The Balaban J connectivity index is 1.70. The molecule has 6 heteroatoms. The highest BCUT2D eigenvalue weighted by atomic mass is 35.5. The second-order valence-corrected chi connectivity index (χ2v) is 7.94. The molecule has 0 saturated carbocycles. The minimum atomic E-state index is -0.411. The van der Waals surface area contributed by atoms with Crippen molar-refractivity contribution in [2.75, 3.05) is 5.32 Å². The third kappa shape index (κ3) is 3.08. The van der Waals surface area contributed by atoms with Crippen LogP contribution in [-0.4, -0.2) is 15.5 Å². The SMILES string of the molecule is Cc1ccc2c(c1)[C@@H](Cc1nc3ccccc3c(=O)n1-c1ccc(Cl)cc1)C(=O)N2. The number of halogens is 1. The molecule has 1 amide bonds. The summed E-state index contributed by atoms with van der Waals surface area (Å²) in [5, 5.41) is 4.06. The van der Waals surface area contributed by atoms with Gasteiger partial charge in [-0.2, -0.15) is 0 Å². The summed E-state index contributed by atoms with van der Waals surface area (Å²) in [5.74, 6) is 0.0442. The topological polar surface area (TPSA) is 64.0 Å². The zero-order valence-electron chi connectivity index (χ0n) is 16.2. The number of amides is 1. The Hall–Kier alpha value is -3.44. The largest absolute Gasteiger partial charge is 0.325 e. The first-order valence-electron chi connectivity index (χ1n) is 9.69. The number of nitrogens with one attached hydrogen (secondary N) is 1. The predicted octanol–water partition coefficient (Wildman–Crippen LogP) is 4.63. The van der Waals surface area contributed by atoms with Gasteiger partial charge >= 0.3 is 0 Å². The third-order valence-corrected chi connectivity index (χ3v) is 5.73. The first-order valence-corrected chi connectivity index (χ1v) is 10.1. The average molecular weight is 416 g/mol. The van der Waals surface area contributed by atoms with E-state index in [0.717, 1.165) is 16.8 Å². The quantitative estimate of drug-likeness (QED) is 0.530. The molecule has 0 bridgehead atoms. The molecule has 0 saturated heterocycles. The minimum Gasteiger partial charge on any atom is -0.325 e. The lowest BCUT2D eigenvalue weighted by molar-refractivity contribution is -0.117. The normalized spacial score (nSPS) is 15.3. The summed E-state index contributed by atoms with van der Waals surface area (Å²) in [5.41, 5.74) is 3.95. The lowest BCUT2D eigenvalue weighted by atomic mass is 9.95. The van der Waals surface area contributed by atoms with E-state index < -0.39 is 5.92 Å². The Morgan fingerprint density at radius 2 is 1.80 bits per heavy atom. The van der Waals surface area contributed by atoms with E-state index in [9.17, 15) is 9.59 Å². The predicted molar refractivity (Wildman–Crippen MR) is 119 cm³/mol. The number of fused-ring (bicyclic) bond motifs is 2. The number of hydrogen-bond donors (Lipinski definition) is 1. The highest BCUT2D eigenvalue weighted by Gasteiger charge is 2.32. The van der Waals surface area contributed by atoms with Crippen molar-refractivity contribution >= 4 is 34.1 Å². The highest BCUT2D eigenvalue weighted by molar-refractivity contribution is 6.30. The van der Waals surface area contributed by atoms with Gasteiger partial charge in [0.15, 0.2) is 0 Å². The Labute approximate surface area is 178 Å².